The molecule has 2 aromatic carbocycles. The molecule has 2 atom stereocenters. The van der Waals surface area contributed by atoms with Crippen molar-refractivity contribution in [2.45, 2.75) is 46.1 Å². The molecule has 0 bridgehead atoms. The molecule has 160 valence electrons. The van der Waals surface area contributed by atoms with Crippen LogP contribution in [-0.2, 0) is 32.3 Å². The van der Waals surface area contributed by atoms with Crippen molar-refractivity contribution in [2.75, 3.05) is 0 Å². The van der Waals surface area contributed by atoms with E-state index in [9.17, 15) is 14.4 Å². The lowest BCUT2D eigenvalue weighted by Crippen LogP contribution is -2.53. The molecule has 0 spiro atoms. The largest absolute Gasteiger partial charge is 0.459 e. The average Bonchev–Trinajstić information content (AvgIpc) is 2.75. The van der Waals surface area contributed by atoms with E-state index in [1.54, 1.807) is 13.8 Å². The number of nitrogens with one attached hydrogen (secondary N) is 2. The monoisotopic (exact) mass is 412 g/mol. The van der Waals surface area contributed by atoms with E-state index in [1.165, 1.54) is 6.92 Å². The van der Waals surface area contributed by atoms with Gasteiger partial charge in [-0.15, -0.1) is 0 Å². The number of carbonyl (C=O) groups is 3. The third-order valence-electron chi connectivity index (χ3n) is 4.37. The van der Waals surface area contributed by atoms with Crippen molar-refractivity contribution in [1.82, 2.24) is 10.6 Å². The highest BCUT2D eigenvalue weighted by atomic mass is 16.5. The minimum atomic E-state index is -0.857. The molecule has 0 heterocycles. The molecule has 0 radical (unpaired) electrons. The summed E-state index contributed by atoms with van der Waals surface area (Å²) in [6.45, 7) is 5.34. The average molecular weight is 412 g/mol. The van der Waals surface area contributed by atoms with E-state index < -0.39 is 30.1 Å². The van der Waals surface area contributed by atoms with Gasteiger partial charge >= 0.3 is 12.1 Å². The normalized spacial score (nSPS) is 12.5. The van der Waals surface area contributed by atoms with Crippen LogP contribution in [0.3, 0.4) is 0 Å². The first-order valence-electron chi connectivity index (χ1n) is 9.85. The first kappa shape index (κ1) is 22.9. The smallest absolute Gasteiger partial charge is 0.408 e. The van der Waals surface area contributed by atoms with Crippen molar-refractivity contribution in [3.05, 3.63) is 71.8 Å². The number of carbonyl (C=O) groups excluding carboxylic acids is 3. The van der Waals surface area contributed by atoms with E-state index in [4.69, 9.17) is 9.47 Å². The third kappa shape index (κ3) is 7.58. The summed E-state index contributed by atoms with van der Waals surface area (Å²) < 4.78 is 10.4. The number of ether oxygens (including phenoxy) is 2. The molecule has 2 aromatic rings. The van der Waals surface area contributed by atoms with Crippen LogP contribution in [-0.4, -0.2) is 30.1 Å². The molecule has 0 aliphatic carbocycles. The minimum absolute atomic E-state index is 0.0985. The summed E-state index contributed by atoms with van der Waals surface area (Å²) in [6.07, 6.45) is -0.702. The van der Waals surface area contributed by atoms with Crippen molar-refractivity contribution in [1.29, 1.82) is 0 Å². The number of esters is 1. The Kier molecular flexibility index (Phi) is 8.87. The van der Waals surface area contributed by atoms with Gasteiger partial charge in [-0.1, -0.05) is 74.5 Å². The second-order valence-electron chi connectivity index (χ2n) is 7.25. The fraction of sp³-hybridized carbons (Fsp3) is 0.348. The summed E-state index contributed by atoms with van der Waals surface area (Å²) in [5.41, 5.74) is 1.69. The second kappa shape index (κ2) is 11.6. The highest BCUT2D eigenvalue weighted by Gasteiger charge is 2.28. The molecule has 2 rings (SSSR count). The van der Waals surface area contributed by atoms with Gasteiger partial charge in [-0.05, 0) is 24.0 Å². The Bertz CT molecular complexity index is 824. The topological polar surface area (TPSA) is 93.7 Å². The highest BCUT2D eigenvalue weighted by molar-refractivity contribution is 5.89. The van der Waals surface area contributed by atoms with Crippen LogP contribution < -0.4 is 10.6 Å². The summed E-state index contributed by atoms with van der Waals surface area (Å²) in [6, 6.07) is 16.8. The summed E-state index contributed by atoms with van der Waals surface area (Å²) in [5, 5.41) is 5.16. The van der Waals surface area contributed by atoms with Crippen LogP contribution in [0.5, 0.6) is 0 Å². The molecule has 1 unspecified atom stereocenters. The van der Waals surface area contributed by atoms with Gasteiger partial charge in [-0.3, -0.25) is 4.79 Å². The van der Waals surface area contributed by atoms with Crippen LogP contribution in [0, 0.1) is 5.92 Å². The maximum absolute atomic E-state index is 12.6. The lowest BCUT2D eigenvalue weighted by Gasteiger charge is -2.23. The van der Waals surface area contributed by atoms with Gasteiger partial charge in [0.1, 0.15) is 25.3 Å². The predicted octanol–water partition coefficient (Wildman–Crippen LogP) is 3.19. The van der Waals surface area contributed by atoms with Crippen molar-refractivity contribution < 1.29 is 23.9 Å². The van der Waals surface area contributed by atoms with Crippen LogP contribution in [0.25, 0.3) is 0 Å². The predicted molar refractivity (Wildman–Crippen MR) is 112 cm³/mol. The number of benzene rings is 2. The zero-order chi connectivity index (χ0) is 21.9. The number of rotatable bonds is 9. The van der Waals surface area contributed by atoms with Gasteiger partial charge in [0.15, 0.2) is 0 Å². The molecule has 7 heteroatoms. The summed E-state index contributed by atoms with van der Waals surface area (Å²) in [4.78, 5) is 36.9. The van der Waals surface area contributed by atoms with Gasteiger partial charge in [0.25, 0.3) is 0 Å². The maximum atomic E-state index is 12.6. The maximum Gasteiger partial charge on any atom is 0.408 e. The Morgan fingerprint density at radius 3 is 1.77 bits per heavy atom. The van der Waals surface area contributed by atoms with Crippen LogP contribution >= 0.6 is 0 Å². The van der Waals surface area contributed by atoms with E-state index in [2.05, 4.69) is 10.6 Å². The molecule has 0 aliphatic rings. The van der Waals surface area contributed by atoms with E-state index in [-0.39, 0.29) is 19.1 Å². The quantitative estimate of drug-likeness (QED) is 0.617. The van der Waals surface area contributed by atoms with Crippen LogP contribution in [0.1, 0.15) is 31.9 Å². The van der Waals surface area contributed by atoms with Crippen LogP contribution in [0.4, 0.5) is 4.79 Å². The Morgan fingerprint density at radius 2 is 1.27 bits per heavy atom. The minimum Gasteiger partial charge on any atom is -0.459 e. The van der Waals surface area contributed by atoms with Gasteiger partial charge in [0, 0.05) is 0 Å². The zero-order valence-corrected chi connectivity index (χ0v) is 17.5. The fourth-order valence-corrected chi connectivity index (χ4v) is 2.64. The molecule has 0 saturated carbocycles. The third-order valence-corrected chi connectivity index (χ3v) is 4.37. The summed E-state index contributed by atoms with van der Waals surface area (Å²) >= 11 is 0. The number of amides is 2. The standard InChI is InChI=1S/C23H28N2O5/c1-16(2)20(25-23(28)30-15-19-12-8-5-9-13-19)21(26)24-17(3)22(27)29-14-18-10-6-4-7-11-18/h4-13,16-17,20H,14-15H2,1-3H3,(H,24,26)(H,25,28)/t17-,20?/m0/s1. The van der Waals surface area contributed by atoms with Crippen molar-refractivity contribution in [3.63, 3.8) is 0 Å². The number of hydrogen-bond donors (Lipinski definition) is 2. The van der Waals surface area contributed by atoms with Crippen molar-refractivity contribution in [2.24, 2.45) is 5.92 Å². The first-order chi connectivity index (χ1) is 14.4. The van der Waals surface area contributed by atoms with Crippen LogP contribution in [0.2, 0.25) is 0 Å². The molecule has 2 N–H and O–H groups in total. The van der Waals surface area contributed by atoms with E-state index in [0.29, 0.717) is 0 Å². The van der Waals surface area contributed by atoms with Gasteiger partial charge in [-0.25, -0.2) is 9.59 Å². The van der Waals surface area contributed by atoms with E-state index >= 15 is 0 Å². The van der Waals surface area contributed by atoms with Gasteiger partial charge in [0.2, 0.25) is 5.91 Å². The molecule has 30 heavy (non-hydrogen) atoms. The van der Waals surface area contributed by atoms with E-state index in [0.717, 1.165) is 11.1 Å². The molecule has 0 aromatic heterocycles. The number of alkyl carbamates (subject to hydrolysis) is 1. The SMILES string of the molecule is CC(C)C(NC(=O)OCc1ccccc1)C(=O)N[C@@H](C)C(=O)OCc1ccccc1. The Hall–Kier alpha value is -3.35. The molecule has 0 aliphatic heterocycles. The van der Waals surface area contributed by atoms with Gasteiger partial charge < -0.3 is 20.1 Å². The van der Waals surface area contributed by atoms with Gasteiger partial charge in [0.05, 0.1) is 0 Å². The molecular formula is C23H28N2O5. The molecule has 2 amide bonds. The Morgan fingerprint density at radius 1 is 0.767 bits per heavy atom. The second-order valence-corrected chi connectivity index (χ2v) is 7.25. The van der Waals surface area contributed by atoms with Crippen molar-refractivity contribution >= 4 is 18.0 Å². The Balaban J connectivity index is 1.83. The number of hydrogen-bond acceptors (Lipinski definition) is 5. The van der Waals surface area contributed by atoms with Crippen molar-refractivity contribution in [3.8, 4) is 0 Å². The molecule has 0 fully saturated rings. The van der Waals surface area contributed by atoms with E-state index in [1.807, 2.05) is 60.7 Å². The fourth-order valence-electron chi connectivity index (χ4n) is 2.64. The summed E-state index contributed by atoms with van der Waals surface area (Å²) in [7, 11) is 0. The molecule has 7 nitrogen and oxygen atoms in total. The van der Waals surface area contributed by atoms with Gasteiger partial charge in [-0.2, -0.15) is 0 Å². The zero-order valence-electron chi connectivity index (χ0n) is 17.5. The lowest BCUT2D eigenvalue weighted by molar-refractivity contribution is -0.148. The summed E-state index contributed by atoms with van der Waals surface area (Å²) in [5.74, 6) is -1.24. The molecule has 0 saturated heterocycles. The lowest BCUT2D eigenvalue weighted by atomic mass is 10.0. The first-order valence-corrected chi connectivity index (χ1v) is 9.85. The van der Waals surface area contributed by atoms with Crippen LogP contribution in [0.15, 0.2) is 60.7 Å². The Labute approximate surface area is 176 Å². The molecular weight excluding hydrogens is 384 g/mol. The highest BCUT2D eigenvalue weighted by Crippen LogP contribution is 2.06.